The van der Waals surface area contributed by atoms with Crippen LogP contribution in [0.4, 0.5) is 0 Å². The number of carbonyl (C=O) groups excluding carboxylic acids is 2. The van der Waals surface area contributed by atoms with Gasteiger partial charge < -0.3 is 9.64 Å². The van der Waals surface area contributed by atoms with Crippen LogP contribution in [0.25, 0.3) is 11.4 Å². The van der Waals surface area contributed by atoms with Crippen molar-refractivity contribution in [2.45, 2.75) is 90.4 Å². The number of piperidine rings is 1. The molecular formula is C30H42ClN3O3. The number of hydrogen-bond acceptors (Lipinski definition) is 5. The molecule has 1 amide bonds. The first-order valence-corrected chi connectivity index (χ1v) is 14.4. The second-order valence-electron chi connectivity index (χ2n) is 10.6. The summed E-state index contributed by atoms with van der Waals surface area (Å²) < 4.78 is 5.63. The summed E-state index contributed by atoms with van der Waals surface area (Å²) in [6.45, 7) is 7.41. The van der Waals surface area contributed by atoms with E-state index in [1.165, 1.54) is 44.1 Å². The Morgan fingerprint density at radius 1 is 1.00 bits per heavy atom. The third-order valence-corrected chi connectivity index (χ3v) is 7.31. The number of benzene rings is 1. The van der Waals surface area contributed by atoms with E-state index in [2.05, 4.69) is 30.7 Å². The summed E-state index contributed by atoms with van der Waals surface area (Å²) in [4.78, 5) is 36.1. The van der Waals surface area contributed by atoms with E-state index in [1.54, 1.807) is 17.0 Å². The van der Waals surface area contributed by atoms with Gasteiger partial charge in [-0.15, -0.1) is 11.6 Å². The number of aromatic nitrogens is 2. The van der Waals surface area contributed by atoms with Crippen LogP contribution in [0.2, 0.25) is 0 Å². The molecule has 0 spiro atoms. The van der Waals surface area contributed by atoms with Gasteiger partial charge in [0, 0.05) is 31.0 Å². The van der Waals surface area contributed by atoms with Crippen molar-refractivity contribution in [1.82, 2.24) is 14.9 Å². The third kappa shape index (κ3) is 9.41. The number of alkyl halides is 1. The Kier molecular flexibility index (Phi) is 11.8. The summed E-state index contributed by atoms with van der Waals surface area (Å²) in [5, 5.41) is -0.498. The first-order chi connectivity index (χ1) is 17.9. The monoisotopic (exact) mass is 527 g/mol. The Labute approximate surface area is 227 Å². The van der Waals surface area contributed by atoms with Crippen LogP contribution in [0.3, 0.4) is 0 Å². The maximum atomic E-state index is 12.7. The van der Waals surface area contributed by atoms with Crippen LogP contribution in [0.5, 0.6) is 5.75 Å². The molecular weight excluding hydrogens is 486 g/mol. The predicted octanol–water partition coefficient (Wildman–Crippen LogP) is 6.84. The van der Waals surface area contributed by atoms with Gasteiger partial charge in [0.15, 0.2) is 5.82 Å². The lowest BCUT2D eigenvalue weighted by molar-refractivity contribution is -0.143. The van der Waals surface area contributed by atoms with Crippen molar-refractivity contribution in [2.24, 2.45) is 11.8 Å². The molecule has 1 unspecified atom stereocenters. The molecule has 1 fully saturated rings. The molecule has 0 saturated carbocycles. The van der Waals surface area contributed by atoms with E-state index in [-0.39, 0.29) is 17.8 Å². The first-order valence-electron chi connectivity index (χ1n) is 13.9. The Hall–Kier alpha value is -2.47. The van der Waals surface area contributed by atoms with Crippen molar-refractivity contribution in [3.05, 3.63) is 42.2 Å². The summed E-state index contributed by atoms with van der Waals surface area (Å²) in [5.74, 6) is 1.04. The minimum atomic E-state index is -0.498. The van der Waals surface area contributed by atoms with Crippen molar-refractivity contribution in [1.29, 1.82) is 0 Å². The van der Waals surface area contributed by atoms with Gasteiger partial charge in [-0.1, -0.05) is 52.9 Å². The van der Waals surface area contributed by atoms with Crippen molar-refractivity contribution < 1.29 is 14.3 Å². The fourth-order valence-electron chi connectivity index (χ4n) is 4.66. The number of aryl methyl sites for hydroxylation is 1. The van der Waals surface area contributed by atoms with E-state index in [9.17, 15) is 9.59 Å². The molecule has 1 aromatic heterocycles. The number of rotatable bonds is 13. The summed E-state index contributed by atoms with van der Waals surface area (Å²) in [7, 11) is 0. The molecule has 0 N–H and O–H groups in total. The molecule has 1 aromatic carbocycles. The molecule has 37 heavy (non-hydrogen) atoms. The largest absolute Gasteiger partial charge is 0.426 e. The predicted molar refractivity (Wildman–Crippen MR) is 149 cm³/mol. The molecule has 1 saturated heterocycles. The summed E-state index contributed by atoms with van der Waals surface area (Å²) >= 11 is 6.28. The molecule has 0 radical (unpaired) electrons. The fraction of sp³-hybridized carbons (Fsp3) is 0.600. The number of amides is 1. The van der Waals surface area contributed by atoms with Gasteiger partial charge in [-0.3, -0.25) is 9.59 Å². The number of esters is 1. The Balaban J connectivity index is 1.43. The number of carbonyl (C=O) groups is 2. The molecule has 1 aliphatic heterocycles. The van der Waals surface area contributed by atoms with E-state index in [4.69, 9.17) is 16.3 Å². The highest BCUT2D eigenvalue weighted by Gasteiger charge is 2.31. The molecule has 0 bridgehead atoms. The van der Waals surface area contributed by atoms with Gasteiger partial charge in [0.25, 0.3) is 0 Å². The number of hydrogen-bond donors (Lipinski definition) is 0. The van der Waals surface area contributed by atoms with Crippen molar-refractivity contribution in [3.63, 3.8) is 0 Å². The molecule has 2 heterocycles. The van der Waals surface area contributed by atoms with E-state index < -0.39 is 5.38 Å². The number of ether oxygens (including phenoxy) is 1. The lowest BCUT2D eigenvalue weighted by Gasteiger charge is -2.32. The zero-order chi connectivity index (χ0) is 26.6. The lowest BCUT2D eigenvalue weighted by Crippen LogP contribution is -2.44. The van der Waals surface area contributed by atoms with Gasteiger partial charge in [-0.2, -0.15) is 0 Å². The molecule has 0 aliphatic carbocycles. The Morgan fingerprint density at radius 2 is 1.62 bits per heavy atom. The lowest BCUT2D eigenvalue weighted by atomic mass is 9.96. The van der Waals surface area contributed by atoms with Gasteiger partial charge in [0.05, 0.1) is 5.92 Å². The van der Waals surface area contributed by atoms with E-state index in [0.717, 1.165) is 12.0 Å². The first kappa shape index (κ1) is 29.1. The van der Waals surface area contributed by atoms with Crippen LogP contribution in [-0.4, -0.2) is 45.2 Å². The van der Waals surface area contributed by atoms with Crippen LogP contribution in [-0.2, 0) is 16.0 Å². The van der Waals surface area contributed by atoms with Gasteiger partial charge in [0.1, 0.15) is 11.1 Å². The molecule has 6 nitrogen and oxygen atoms in total. The van der Waals surface area contributed by atoms with E-state index >= 15 is 0 Å². The molecule has 1 atom stereocenters. The van der Waals surface area contributed by atoms with Crippen molar-refractivity contribution in [3.8, 4) is 17.1 Å². The van der Waals surface area contributed by atoms with Crippen molar-refractivity contribution >= 4 is 23.5 Å². The quantitative estimate of drug-likeness (QED) is 0.123. The molecule has 2 aromatic rings. The topological polar surface area (TPSA) is 72.4 Å². The van der Waals surface area contributed by atoms with Gasteiger partial charge in [-0.05, 0) is 67.9 Å². The van der Waals surface area contributed by atoms with Crippen LogP contribution in [0.1, 0.15) is 84.1 Å². The van der Waals surface area contributed by atoms with Crippen LogP contribution >= 0.6 is 11.6 Å². The Bertz CT molecular complexity index is 971. The number of likely N-dealkylation sites (tertiary alicyclic amines) is 1. The van der Waals surface area contributed by atoms with Crippen LogP contribution < -0.4 is 4.74 Å². The van der Waals surface area contributed by atoms with Gasteiger partial charge >= 0.3 is 5.97 Å². The number of halogens is 1. The zero-order valence-electron chi connectivity index (χ0n) is 22.6. The standard InChI is InChI=1S/C30H42ClN3O3/c1-4-5-6-7-8-9-10-23-20-32-28(33-21-23)24-11-13-26(14-12-24)37-30(36)25-15-17-34(18-16-25)29(35)27(31)19-22(2)3/h11-14,20-22,25,27H,4-10,15-19H2,1-3H3. The molecule has 3 rings (SSSR count). The fourth-order valence-corrected chi connectivity index (χ4v) is 5.16. The minimum Gasteiger partial charge on any atom is -0.426 e. The molecule has 1 aliphatic rings. The number of unbranched alkanes of at least 4 members (excludes halogenated alkanes) is 5. The highest BCUT2D eigenvalue weighted by molar-refractivity contribution is 6.30. The van der Waals surface area contributed by atoms with E-state index in [1.807, 2.05) is 24.5 Å². The third-order valence-electron chi connectivity index (χ3n) is 6.94. The summed E-state index contributed by atoms with van der Waals surface area (Å²) in [6.07, 6.45) is 14.3. The second kappa shape index (κ2) is 15.1. The highest BCUT2D eigenvalue weighted by Crippen LogP contribution is 2.25. The maximum Gasteiger partial charge on any atom is 0.314 e. The maximum absolute atomic E-state index is 12.7. The SMILES string of the molecule is CCCCCCCCc1cnc(-c2ccc(OC(=O)C3CCN(C(=O)C(Cl)CC(C)C)CC3)cc2)nc1. The van der Waals surface area contributed by atoms with Crippen molar-refractivity contribution in [2.75, 3.05) is 13.1 Å². The normalized spacial score (nSPS) is 15.1. The van der Waals surface area contributed by atoms with E-state index in [0.29, 0.717) is 49.8 Å². The summed E-state index contributed by atoms with van der Waals surface area (Å²) in [5.41, 5.74) is 2.05. The zero-order valence-corrected chi connectivity index (χ0v) is 23.4. The second-order valence-corrected chi connectivity index (χ2v) is 11.1. The van der Waals surface area contributed by atoms with Gasteiger partial charge in [-0.25, -0.2) is 9.97 Å². The number of nitrogens with zero attached hydrogens (tertiary/aromatic N) is 3. The van der Waals surface area contributed by atoms with Gasteiger partial charge in [0.2, 0.25) is 5.91 Å². The summed E-state index contributed by atoms with van der Waals surface area (Å²) in [6, 6.07) is 7.32. The van der Waals surface area contributed by atoms with Crippen LogP contribution in [0, 0.1) is 11.8 Å². The molecule has 202 valence electrons. The average molecular weight is 528 g/mol. The van der Waals surface area contributed by atoms with Crippen LogP contribution in [0.15, 0.2) is 36.7 Å². The smallest absolute Gasteiger partial charge is 0.314 e. The Morgan fingerprint density at radius 3 is 2.24 bits per heavy atom. The minimum absolute atomic E-state index is 0.0320. The highest BCUT2D eigenvalue weighted by atomic mass is 35.5. The average Bonchev–Trinajstić information content (AvgIpc) is 2.91. The molecule has 7 heteroatoms.